The molecule has 158 valence electrons. The smallest absolute Gasteiger partial charge is 0.345 e. The lowest BCUT2D eigenvalue weighted by molar-refractivity contribution is -0.202. The van der Waals surface area contributed by atoms with E-state index >= 15 is 0 Å². The van der Waals surface area contributed by atoms with E-state index in [0.717, 1.165) is 42.3 Å². The third kappa shape index (κ3) is 3.78. The molecule has 2 fully saturated rings. The van der Waals surface area contributed by atoms with E-state index in [0.29, 0.717) is 30.6 Å². The molecular formula is C22H28F2N2O3. The van der Waals surface area contributed by atoms with E-state index in [1.807, 2.05) is 31.2 Å². The third-order valence-electron chi connectivity index (χ3n) is 6.89. The van der Waals surface area contributed by atoms with Crippen molar-refractivity contribution in [2.45, 2.75) is 64.3 Å². The predicted molar refractivity (Wildman–Crippen MR) is 107 cm³/mol. The molecule has 4 rings (SSSR count). The molecule has 0 bridgehead atoms. The summed E-state index contributed by atoms with van der Waals surface area (Å²) in [6, 6.07) is 8.36. The fourth-order valence-electron chi connectivity index (χ4n) is 5.35. The Balaban J connectivity index is 1.44. The molecule has 1 saturated carbocycles. The van der Waals surface area contributed by atoms with Gasteiger partial charge in [0, 0.05) is 41.8 Å². The number of fused-ring (bicyclic) bond motifs is 1. The minimum atomic E-state index is -2.69. The highest BCUT2D eigenvalue weighted by molar-refractivity contribution is 6.05. The average molecular weight is 406 g/mol. The van der Waals surface area contributed by atoms with Gasteiger partial charge in [-0.1, -0.05) is 18.2 Å². The summed E-state index contributed by atoms with van der Waals surface area (Å²) >= 11 is 0. The Bertz CT molecular complexity index is 884. The maximum atomic E-state index is 12.3. The molecule has 0 radical (unpaired) electrons. The summed E-state index contributed by atoms with van der Waals surface area (Å²) in [5, 5.41) is 10.5. The van der Waals surface area contributed by atoms with Crippen LogP contribution in [0.25, 0.3) is 10.9 Å². The largest absolute Gasteiger partial charge is 0.478 e. The maximum Gasteiger partial charge on any atom is 0.345 e. The number of hydrogen-bond donors (Lipinski definition) is 1. The van der Waals surface area contributed by atoms with Crippen LogP contribution < -0.4 is 0 Å². The van der Waals surface area contributed by atoms with Gasteiger partial charge in [-0.2, -0.15) is 8.78 Å². The van der Waals surface area contributed by atoms with E-state index in [1.165, 1.54) is 0 Å². The van der Waals surface area contributed by atoms with Crippen molar-refractivity contribution in [3.8, 4) is 0 Å². The number of nitrogens with zero attached hydrogens (tertiary/aromatic N) is 2. The molecule has 1 aliphatic carbocycles. The topological polar surface area (TPSA) is 54.7 Å². The summed E-state index contributed by atoms with van der Waals surface area (Å²) in [6.07, 6.45) is 3.85. The zero-order valence-electron chi connectivity index (χ0n) is 16.9. The van der Waals surface area contributed by atoms with Crippen molar-refractivity contribution < 1.29 is 23.4 Å². The number of alkyl halides is 2. The summed E-state index contributed by atoms with van der Waals surface area (Å²) in [5.41, 5.74) is 2.18. The van der Waals surface area contributed by atoms with E-state index in [9.17, 15) is 18.7 Å². The number of halogens is 2. The van der Waals surface area contributed by atoms with Crippen LogP contribution in [-0.4, -0.2) is 52.4 Å². The standard InChI is InChI=1S/C22H28F2N2O3/c1-13(26-14(2)20(21(27)28)18-5-3-4-6-19(18)26)15-7-9-16(10-8-15)25-11-17(12-25)29-22(23)24/h3-6,13,15-17,22H,7-12H2,1-2H3,(H,27,28)/t13-,15?,16?/m1/s1. The van der Waals surface area contributed by atoms with Crippen molar-refractivity contribution in [3.63, 3.8) is 0 Å². The number of rotatable bonds is 6. The number of benzene rings is 1. The van der Waals surface area contributed by atoms with Crippen molar-refractivity contribution in [1.82, 2.24) is 9.47 Å². The molecule has 0 spiro atoms. The Morgan fingerprint density at radius 2 is 1.83 bits per heavy atom. The molecule has 1 aromatic carbocycles. The van der Waals surface area contributed by atoms with Crippen LogP contribution >= 0.6 is 0 Å². The summed E-state index contributed by atoms with van der Waals surface area (Å²) < 4.78 is 31.4. The molecule has 1 N–H and O–H groups in total. The van der Waals surface area contributed by atoms with E-state index < -0.39 is 12.6 Å². The molecule has 1 aromatic heterocycles. The van der Waals surface area contributed by atoms with Gasteiger partial charge < -0.3 is 14.4 Å². The third-order valence-corrected chi connectivity index (χ3v) is 6.89. The first-order valence-corrected chi connectivity index (χ1v) is 10.4. The monoisotopic (exact) mass is 406 g/mol. The fraction of sp³-hybridized carbons (Fsp3) is 0.591. The first-order valence-electron chi connectivity index (χ1n) is 10.4. The van der Waals surface area contributed by atoms with Gasteiger partial charge in [-0.3, -0.25) is 4.90 Å². The fourth-order valence-corrected chi connectivity index (χ4v) is 5.35. The number of carbonyl (C=O) groups is 1. The number of carboxylic acid groups (broad SMARTS) is 1. The molecule has 1 aliphatic heterocycles. The summed E-state index contributed by atoms with van der Waals surface area (Å²) in [5.74, 6) is -0.413. The highest BCUT2D eigenvalue weighted by atomic mass is 19.3. The number of para-hydroxylation sites is 1. The van der Waals surface area contributed by atoms with Gasteiger partial charge in [0.15, 0.2) is 0 Å². The Hall–Kier alpha value is -1.99. The van der Waals surface area contributed by atoms with Gasteiger partial charge in [0.25, 0.3) is 0 Å². The van der Waals surface area contributed by atoms with Crippen LogP contribution in [0.4, 0.5) is 8.78 Å². The van der Waals surface area contributed by atoms with Crippen LogP contribution in [0.2, 0.25) is 0 Å². The SMILES string of the molecule is Cc1c(C(=O)O)c2ccccc2n1[C@H](C)C1CCC(N2CC(OC(F)F)C2)CC1. The predicted octanol–water partition coefficient (Wildman–Crippen LogP) is 4.69. The average Bonchev–Trinajstić information content (AvgIpc) is 2.95. The summed E-state index contributed by atoms with van der Waals surface area (Å²) in [6.45, 7) is 2.59. The van der Waals surface area contributed by atoms with Crippen molar-refractivity contribution >= 4 is 16.9 Å². The van der Waals surface area contributed by atoms with Crippen molar-refractivity contribution in [1.29, 1.82) is 0 Å². The van der Waals surface area contributed by atoms with Crippen LogP contribution in [-0.2, 0) is 4.74 Å². The molecular weight excluding hydrogens is 378 g/mol. The van der Waals surface area contributed by atoms with Gasteiger partial charge in [-0.25, -0.2) is 4.79 Å². The Labute approximate surface area is 169 Å². The van der Waals surface area contributed by atoms with Gasteiger partial charge >= 0.3 is 12.6 Å². The normalized spacial score (nSPS) is 24.7. The summed E-state index contributed by atoms with van der Waals surface area (Å²) in [4.78, 5) is 14.1. The molecule has 0 amide bonds. The first kappa shape index (κ1) is 20.3. The van der Waals surface area contributed by atoms with Crippen molar-refractivity contribution in [3.05, 3.63) is 35.5 Å². The molecule has 2 aliphatic rings. The number of hydrogen-bond acceptors (Lipinski definition) is 3. The van der Waals surface area contributed by atoms with E-state index in [1.54, 1.807) is 0 Å². The van der Waals surface area contributed by atoms with Crippen LogP contribution in [0.1, 0.15) is 54.7 Å². The Kier molecular flexibility index (Phi) is 5.62. The van der Waals surface area contributed by atoms with Crippen LogP contribution in [0.15, 0.2) is 24.3 Å². The zero-order valence-corrected chi connectivity index (χ0v) is 16.9. The minimum Gasteiger partial charge on any atom is -0.478 e. The van der Waals surface area contributed by atoms with Gasteiger partial charge in [-0.15, -0.1) is 0 Å². The lowest BCUT2D eigenvalue weighted by Crippen LogP contribution is -2.57. The van der Waals surface area contributed by atoms with E-state index in [-0.39, 0.29) is 12.1 Å². The quantitative estimate of drug-likeness (QED) is 0.756. The second-order valence-corrected chi connectivity index (χ2v) is 8.43. The first-order chi connectivity index (χ1) is 13.9. The highest BCUT2D eigenvalue weighted by Gasteiger charge is 2.37. The van der Waals surface area contributed by atoms with Crippen molar-refractivity contribution in [2.75, 3.05) is 13.1 Å². The van der Waals surface area contributed by atoms with Gasteiger partial charge in [0.2, 0.25) is 0 Å². The molecule has 7 heteroatoms. The zero-order chi connectivity index (χ0) is 20.7. The molecule has 0 unspecified atom stereocenters. The molecule has 2 heterocycles. The lowest BCUT2D eigenvalue weighted by atomic mass is 9.80. The molecule has 2 aromatic rings. The summed E-state index contributed by atoms with van der Waals surface area (Å²) in [7, 11) is 0. The minimum absolute atomic E-state index is 0.209. The second kappa shape index (κ2) is 8.03. The number of ether oxygens (including phenoxy) is 1. The van der Waals surface area contributed by atoms with Crippen LogP contribution in [0.5, 0.6) is 0 Å². The Morgan fingerprint density at radius 1 is 1.17 bits per heavy atom. The number of aromatic carboxylic acids is 1. The van der Waals surface area contributed by atoms with Crippen LogP contribution in [0, 0.1) is 12.8 Å². The lowest BCUT2D eigenvalue weighted by Gasteiger charge is -2.46. The van der Waals surface area contributed by atoms with E-state index in [2.05, 4.69) is 21.1 Å². The highest BCUT2D eigenvalue weighted by Crippen LogP contribution is 2.39. The second-order valence-electron chi connectivity index (χ2n) is 8.43. The Morgan fingerprint density at radius 3 is 2.45 bits per heavy atom. The molecule has 1 saturated heterocycles. The number of aromatic nitrogens is 1. The number of likely N-dealkylation sites (tertiary alicyclic amines) is 1. The molecule has 1 atom stereocenters. The molecule has 5 nitrogen and oxygen atoms in total. The molecule has 29 heavy (non-hydrogen) atoms. The van der Waals surface area contributed by atoms with Gasteiger partial charge in [-0.05, 0) is 51.5 Å². The number of carboxylic acids is 1. The van der Waals surface area contributed by atoms with Gasteiger partial charge in [0.05, 0.1) is 11.7 Å². The van der Waals surface area contributed by atoms with E-state index in [4.69, 9.17) is 0 Å². The van der Waals surface area contributed by atoms with Crippen molar-refractivity contribution in [2.24, 2.45) is 5.92 Å². The van der Waals surface area contributed by atoms with Gasteiger partial charge in [0.1, 0.15) is 0 Å². The maximum absolute atomic E-state index is 12.3. The van der Waals surface area contributed by atoms with Crippen LogP contribution in [0.3, 0.4) is 0 Å².